The zero-order chi connectivity index (χ0) is 14.2. The molecule has 0 radical (unpaired) electrons. The van der Waals surface area contributed by atoms with E-state index in [0.717, 1.165) is 49.1 Å². The molecule has 2 aromatic rings. The molecule has 5 heteroatoms. The van der Waals surface area contributed by atoms with Gasteiger partial charge in [-0.25, -0.2) is 4.98 Å². The number of rotatable bonds is 8. The molecule has 108 valence electrons. The van der Waals surface area contributed by atoms with Crippen molar-refractivity contribution < 1.29 is 4.74 Å². The van der Waals surface area contributed by atoms with Crippen LogP contribution in [0.15, 0.2) is 24.3 Å². The number of aromatic nitrogens is 2. The van der Waals surface area contributed by atoms with Crippen LogP contribution >= 0.6 is 0 Å². The summed E-state index contributed by atoms with van der Waals surface area (Å²) in [4.78, 5) is 8.94. The van der Waals surface area contributed by atoms with Gasteiger partial charge in [0.05, 0.1) is 5.52 Å². The minimum Gasteiger partial charge on any atom is -0.385 e. The molecule has 0 bridgehead atoms. The fourth-order valence-corrected chi connectivity index (χ4v) is 2.08. The molecule has 0 saturated heterocycles. The van der Waals surface area contributed by atoms with E-state index in [1.165, 1.54) is 0 Å². The summed E-state index contributed by atoms with van der Waals surface area (Å²) >= 11 is 0. The summed E-state index contributed by atoms with van der Waals surface area (Å²) in [5, 5.41) is 7.47. The van der Waals surface area contributed by atoms with Crippen molar-refractivity contribution in [3.63, 3.8) is 0 Å². The molecule has 0 atom stereocenters. The maximum Gasteiger partial charge on any atom is 0.224 e. The molecule has 20 heavy (non-hydrogen) atoms. The Hall–Kier alpha value is -1.88. The van der Waals surface area contributed by atoms with Crippen LogP contribution in [0.2, 0.25) is 0 Å². The van der Waals surface area contributed by atoms with Gasteiger partial charge in [0, 0.05) is 32.7 Å². The number of nitrogens with one attached hydrogen (secondary N) is 2. The van der Waals surface area contributed by atoms with Crippen LogP contribution in [-0.2, 0) is 4.74 Å². The lowest BCUT2D eigenvalue weighted by Gasteiger charge is -2.10. The van der Waals surface area contributed by atoms with Crippen molar-refractivity contribution in [1.29, 1.82) is 0 Å². The summed E-state index contributed by atoms with van der Waals surface area (Å²) in [7, 11) is 3.57. The van der Waals surface area contributed by atoms with E-state index in [0.29, 0.717) is 5.95 Å². The Morgan fingerprint density at radius 2 is 1.95 bits per heavy atom. The van der Waals surface area contributed by atoms with Crippen LogP contribution in [0.1, 0.15) is 19.3 Å². The molecule has 1 aromatic heterocycles. The van der Waals surface area contributed by atoms with Gasteiger partial charge in [-0.15, -0.1) is 0 Å². The number of ether oxygens (including phenoxy) is 1. The zero-order valence-electron chi connectivity index (χ0n) is 12.1. The number of nitrogens with zero attached hydrogens (tertiary/aromatic N) is 2. The number of methoxy groups -OCH3 is 1. The van der Waals surface area contributed by atoms with Gasteiger partial charge in [-0.05, 0) is 31.4 Å². The molecule has 1 heterocycles. The van der Waals surface area contributed by atoms with Crippen LogP contribution in [0.5, 0.6) is 0 Å². The molecule has 1 aromatic carbocycles. The topological polar surface area (TPSA) is 59.1 Å². The Morgan fingerprint density at radius 1 is 1.10 bits per heavy atom. The second-order valence-electron chi connectivity index (χ2n) is 4.64. The van der Waals surface area contributed by atoms with E-state index in [1.807, 2.05) is 31.3 Å². The van der Waals surface area contributed by atoms with Crippen LogP contribution in [-0.4, -0.2) is 37.3 Å². The Kier molecular flexibility index (Phi) is 5.55. The van der Waals surface area contributed by atoms with Crippen LogP contribution in [0.3, 0.4) is 0 Å². The molecule has 0 spiro atoms. The predicted octanol–water partition coefficient (Wildman–Crippen LogP) is 2.90. The van der Waals surface area contributed by atoms with Gasteiger partial charge in [-0.3, -0.25) is 0 Å². The molecule has 0 fully saturated rings. The highest BCUT2D eigenvalue weighted by molar-refractivity contribution is 5.89. The van der Waals surface area contributed by atoms with Crippen LogP contribution in [0.4, 0.5) is 11.8 Å². The maximum atomic E-state index is 5.05. The van der Waals surface area contributed by atoms with Gasteiger partial charge in [-0.1, -0.05) is 12.1 Å². The van der Waals surface area contributed by atoms with Crippen molar-refractivity contribution in [1.82, 2.24) is 9.97 Å². The molecule has 0 saturated carbocycles. The standard InChI is InChI=1S/C15H22N4O/c1-16-15-18-13-9-5-4-8-12(13)14(19-15)17-10-6-3-7-11-20-2/h4-5,8-9H,3,6-7,10-11H2,1-2H3,(H2,16,17,18,19). The summed E-state index contributed by atoms with van der Waals surface area (Å²) in [5.74, 6) is 1.54. The van der Waals surface area contributed by atoms with Gasteiger partial charge in [0.2, 0.25) is 5.95 Å². The smallest absolute Gasteiger partial charge is 0.224 e. The van der Waals surface area contributed by atoms with E-state index in [1.54, 1.807) is 7.11 Å². The van der Waals surface area contributed by atoms with Crippen LogP contribution in [0.25, 0.3) is 10.9 Å². The van der Waals surface area contributed by atoms with Crippen molar-refractivity contribution in [2.24, 2.45) is 0 Å². The fourth-order valence-electron chi connectivity index (χ4n) is 2.08. The van der Waals surface area contributed by atoms with E-state index in [2.05, 4.69) is 20.6 Å². The number of anilines is 2. The summed E-state index contributed by atoms with van der Waals surface area (Å²) < 4.78 is 5.05. The van der Waals surface area contributed by atoms with E-state index < -0.39 is 0 Å². The minimum absolute atomic E-state index is 0.644. The lowest BCUT2D eigenvalue weighted by molar-refractivity contribution is 0.192. The van der Waals surface area contributed by atoms with E-state index in [4.69, 9.17) is 4.74 Å². The Bertz CT molecular complexity index is 544. The fraction of sp³-hybridized carbons (Fsp3) is 0.467. The van der Waals surface area contributed by atoms with Gasteiger partial charge in [-0.2, -0.15) is 4.98 Å². The summed E-state index contributed by atoms with van der Waals surface area (Å²) in [5.41, 5.74) is 0.953. The third-order valence-corrected chi connectivity index (χ3v) is 3.14. The zero-order valence-corrected chi connectivity index (χ0v) is 12.1. The average molecular weight is 274 g/mol. The number of hydrogen-bond donors (Lipinski definition) is 2. The van der Waals surface area contributed by atoms with Gasteiger partial charge >= 0.3 is 0 Å². The molecule has 0 aliphatic rings. The van der Waals surface area contributed by atoms with Gasteiger partial charge in [0.15, 0.2) is 0 Å². The number of benzene rings is 1. The first kappa shape index (κ1) is 14.5. The Morgan fingerprint density at radius 3 is 2.75 bits per heavy atom. The largest absolute Gasteiger partial charge is 0.385 e. The molecule has 0 amide bonds. The van der Waals surface area contributed by atoms with Gasteiger partial charge in [0.1, 0.15) is 5.82 Å². The number of fused-ring (bicyclic) bond motifs is 1. The molecule has 2 rings (SSSR count). The van der Waals surface area contributed by atoms with E-state index in [9.17, 15) is 0 Å². The van der Waals surface area contributed by atoms with Gasteiger partial charge in [0.25, 0.3) is 0 Å². The highest BCUT2D eigenvalue weighted by atomic mass is 16.5. The number of para-hydroxylation sites is 1. The molecule has 2 N–H and O–H groups in total. The summed E-state index contributed by atoms with van der Waals surface area (Å²) in [6.45, 7) is 1.74. The molecular weight excluding hydrogens is 252 g/mol. The minimum atomic E-state index is 0.644. The summed E-state index contributed by atoms with van der Waals surface area (Å²) in [6, 6.07) is 8.04. The normalized spacial score (nSPS) is 10.7. The van der Waals surface area contributed by atoms with Gasteiger partial charge < -0.3 is 15.4 Å². The molecule has 0 aliphatic carbocycles. The second kappa shape index (κ2) is 7.65. The van der Waals surface area contributed by atoms with Crippen molar-refractivity contribution in [2.75, 3.05) is 37.9 Å². The first-order chi connectivity index (χ1) is 9.85. The first-order valence-electron chi connectivity index (χ1n) is 7.02. The van der Waals surface area contributed by atoms with E-state index in [-0.39, 0.29) is 0 Å². The quantitative estimate of drug-likeness (QED) is 0.725. The highest BCUT2D eigenvalue weighted by Gasteiger charge is 2.05. The highest BCUT2D eigenvalue weighted by Crippen LogP contribution is 2.21. The maximum absolute atomic E-state index is 5.05. The average Bonchev–Trinajstić information content (AvgIpc) is 2.50. The van der Waals surface area contributed by atoms with Crippen molar-refractivity contribution in [3.8, 4) is 0 Å². The molecular formula is C15H22N4O. The molecule has 5 nitrogen and oxygen atoms in total. The Balaban J connectivity index is 2.01. The Labute approximate surface area is 119 Å². The van der Waals surface area contributed by atoms with Crippen LogP contribution in [0, 0.1) is 0 Å². The third-order valence-electron chi connectivity index (χ3n) is 3.14. The monoisotopic (exact) mass is 274 g/mol. The third kappa shape index (κ3) is 3.81. The number of unbranched alkanes of at least 4 members (excludes halogenated alkanes) is 2. The first-order valence-corrected chi connectivity index (χ1v) is 7.02. The lowest BCUT2D eigenvalue weighted by Crippen LogP contribution is -2.07. The lowest BCUT2D eigenvalue weighted by atomic mass is 10.2. The second-order valence-corrected chi connectivity index (χ2v) is 4.64. The van der Waals surface area contributed by atoms with E-state index >= 15 is 0 Å². The van der Waals surface area contributed by atoms with Crippen molar-refractivity contribution in [2.45, 2.75) is 19.3 Å². The van der Waals surface area contributed by atoms with Crippen LogP contribution < -0.4 is 10.6 Å². The number of hydrogen-bond acceptors (Lipinski definition) is 5. The summed E-state index contributed by atoms with van der Waals surface area (Å²) in [6.07, 6.45) is 3.36. The predicted molar refractivity (Wildman–Crippen MR) is 83.3 cm³/mol. The SMILES string of the molecule is CNc1nc(NCCCCCOC)c2ccccc2n1. The van der Waals surface area contributed by atoms with Crippen molar-refractivity contribution in [3.05, 3.63) is 24.3 Å². The van der Waals surface area contributed by atoms with Crippen molar-refractivity contribution >= 4 is 22.7 Å². The molecule has 0 unspecified atom stereocenters. The molecule has 0 aliphatic heterocycles.